The molecule has 140 valence electrons. The first-order valence-electron chi connectivity index (χ1n) is 10.1. The molecule has 4 heteroatoms. The Hall–Kier alpha value is -1.84. The number of nitrogens with one attached hydrogen (secondary N) is 2. The summed E-state index contributed by atoms with van der Waals surface area (Å²) in [6.45, 7) is 2.03. The van der Waals surface area contributed by atoms with Gasteiger partial charge in [0.2, 0.25) is 11.8 Å². The number of carbonyl (C=O) groups excluding carboxylic acids is 2. The summed E-state index contributed by atoms with van der Waals surface area (Å²) < 4.78 is 0. The molecule has 5 rings (SSSR count). The minimum Gasteiger partial charge on any atom is -0.348 e. The van der Waals surface area contributed by atoms with E-state index in [0.717, 1.165) is 23.3 Å². The highest BCUT2D eigenvalue weighted by molar-refractivity contribution is 5.85. The van der Waals surface area contributed by atoms with Gasteiger partial charge < -0.3 is 10.6 Å². The summed E-state index contributed by atoms with van der Waals surface area (Å²) in [6, 6.07) is 9.83. The molecule has 26 heavy (non-hydrogen) atoms. The molecule has 0 saturated heterocycles. The SMILES string of the molecule is C[C@@H](NC(=O)CNC(=O)CC12CC3CC(CC(C3)C1)C2)c1ccccc1. The number of hydrogen-bond acceptors (Lipinski definition) is 2. The molecule has 4 aliphatic carbocycles. The molecule has 4 aliphatic rings. The maximum absolute atomic E-state index is 12.5. The molecule has 4 nitrogen and oxygen atoms in total. The predicted molar refractivity (Wildman–Crippen MR) is 101 cm³/mol. The molecule has 0 spiro atoms. The molecule has 2 N–H and O–H groups in total. The average molecular weight is 354 g/mol. The van der Waals surface area contributed by atoms with Crippen molar-refractivity contribution in [3.05, 3.63) is 35.9 Å². The van der Waals surface area contributed by atoms with Crippen molar-refractivity contribution in [3.63, 3.8) is 0 Å². The minimum absolute atomic E-state index is 0.0504. The lowest BCUT2D eigenvalue weighted by atomic mass is 9.49. The third kappa shape index (κ3) is 3.79. The summed E-state index contributed by atoms with van der Waals surface area (Å²) in [7, 11) is 0. The summed E-state index contributed by atoms with van der Waals surface area (Å²) in [4.78, 5) is 24.7. The number of benzene rings is 1. The smallest absolute Gasteiger partial charge is 0.239 e. The normalized spacial score (nSPS) is 32.9. The number of hydrogen-bond donors (Lipinski definition) is 2. The summed E-state index contributed by atoms with van der Waals surface area (Å²) in [6.07, 6.45) is 8.46. The summed E-state index contributed by atoms with van der Waals surface area (Å²) in [5.41, 5.74) is 1.30. The van der Waals surface area contributed by atoms with Gasteiger partial charge in [0.05, 0.1) is 12.6 Å². The maximum atomic E-state index is 12.5. The summed E-state index contributed by atoms with van der Waals surface area (Å²) in [5.74, 6) is 2.48. The van der Waals surface area contributed by atoms with Gasteiger partial charge in [0.15, 0.2) is 0 Å². The van der Waals surface area contributed by atoms with Crippen molar-refractivity contribution in [2.45, 2.75) is 57.9 Å². The lowest BCUT2D eigenvalue weighted by molar-refractivity contribution is -0.132. The first-order valence-corrected chi connectivity index (χ1v) is 10.1. The van der Waals surface area contributed by atoms with Crippen LogP contribution < -0.4 is 10.6 Å². The Labute approximate surface area is 156 Å². The van der Waals surface area contributed by atoms with E-state index in [4.69, 9.17) is 0 Å². The molecule has 4 bridgehead atoms. The molecular weight excluding hydrogens is 324 g/mol. The van der Waals surface area contributed by atoms with Gasteiger partial charge >= 0.3 is 0 Å². The zero-order valence-electron chi connectivity index (χ0n) is 15.7. The van der Waals surface area contributed by atoms with Crippen LogP contribution in [0.25, 0.3) is 0 Å². The highest BCUT2D eigenvalue weighted by Crippen LogP contribution is 2.61. The van der Waals surface area contributed by atoms with Crippen molar-refractivity contribution in [1.82, 2.24) is 10.6 Å². The molecule has 1 aromatic carbocycles. The predicted octanol–water partition coefficient (Wildman–Crippen LogP) is 3.59. The highest BCUT2D eigenvalue weighted by Gasteiger charge is 2.51. The van der Waals surface area contributed by atoms with Crippen LogP contribution in [-0.2, 0) is 9.59 Å². The van der Waals surface area contributed by atoms with E-state index in [1.165, 1.54) is 38.5 Å². The Kier molecular flexibility index (Phi) is 4.76. The standard InChI is InChI=1S/C22H30N2O2/c1-15(19-5-3-2-4-6-19)24-21(26)14-23-20(25)13-22-10-16-7-17(11-22)9-18(8-16)12-22/h2-6,15-18H,7-14H2,1H3,(H,23,25)(H,24,26)/t15-,16?,17?,18?,22?/m1/s1. The number of rotatable bonds is 6. The Balaban J connectivity index is 1.25. The van der Waals surface area contributed by atoms with E-state index in [0.29, 0.717) is 6.42 Å². The second-order valence-electron chi connectivity index (χ2n) is 9.07. The quantitative estimate of drug-likeness (QED) is 0.820. The second-order valence-corrected chi connectivity index (χ2v) is 9.07. The highest BCUT2D eigenvalue weighted by atomic mass is 16.2. The van der Waals surface area contributed by atoms with Crippen LogP contribution in [0.2, 0.25) is 0 Å². The second kappa shape index (κ2) is 7.05. The van der Waals surface area contributed by atoms with Crippen LogP contribution in [0.3, 0.4) is 0 Å². The number of amides is 2. The molecule has 4 saturated carbocycles. The third-order valence-corrected chi connectivity index (χ3v) is 6.82. The molecule has 0 unspecified atom stereocenters. The molecule has 0 aromatic heterocycles. The van der Waals surface area contributed by atoms with E-state index in [1.54, 1.807) is 0 Å². The Morgan fingerprint density at radius 1 is 1.00 bits per heavy atom. The minimum atomic E-state index is -0.125. The van der Waals surface area contributed by atoms with Crippen LogP contribution in [0.15, 0.2) is 30.3 Å². The molecule has 0 heterocycles. The van der Waals surface area contributed by atoms with Gasteiger partial charge in [0, 0.05) is 6.42 Å². The van der Waals surface area contributed by atoms with Crippen LogP contribution in [0, 0.1) is 23.2 Å². The van der Waals surface area contributed by atoms with Crippen LogP contribution in [0.1, 0.15) is 63.5 Å². The Morgan fingerprint density at radius 3 is 2.15 bits per heavy atom. The molecular formula is C22H30N2O2. The van der Waals surface area contributed by atoms with Crippen LogP contribution in [0.4, 0.5) is 0 Å². The van der Waals surface area contributed by atoms with Gasteiger partial charge in [0.1, 0.15) is 0 Å². The first kappa shape index (κ1) is 17.6. The lowest BCUT2D eigenvalue weighted by Gasteiger charge is -2.56. The fourth-order valence-electron chi connectivity index (χ4n) is 6.21. The van der Waals surface area contributed by atoms with E-state index in [9.17, 15) is 9.59 Å². The van der Waals surface area contributed by atoms with Crippen molar-refractivity contribution < 1.29 is 9.59 Å². The van der Waals surface area contributed by atoms with E-state index in [1.807, 2.05) is 37.3 Å². The van der Waals surface area contributed by atoms with Gasteiger partial charge in [-0.05, 0) is 74.2 Å². The molecule has 1 atom stereocenters. The van der Waals surface area contributed by atoms with Crippen molar-refractivity contribution in [1.29, 1.82) is 0 Å². The van der Waals surface area contributed by atoms with Gasteiger partial charge in [-0.2, -0.15) is 0 Å². The topological polar surface area (TPSA) is 58.2 Å². The van der Waals surface area contributed by atoms with E-state index in [-0.39, 0.29) is 29.8 Å². The Bertz CT molecular complexity index is 635. The summed E-state index contributed by atoms with van der Waals surface area (Å²) in [5, 5.41) is 5.82. The molecule has 0 radical (unpaired) electrons. The van der Waals surface area contributed by atoms with Gasteiger partial charge in [0.25, 0.3) is 0 Å². The monoisotopic (exact) mass is 354 g/mol. The zero-order valence-corrected chi connectivity index (χ0v) is 15.7. The van der Waals surface area contributed by atoms with Crippen molar-refractivity contribution in [2.75, 3.05) is 6.54 Å². The first-order chi connectivity index (χ1) is 12.5. The van der Waals surface area contributed by atoms with Crippen molar-refractivity contribution in [3.8, 4) is 0 Å². The largest absolute Gasteiger partial charge is 0.348 e. The van der Waals surface area contributed by atoms with Gasteiger partial charge in [-0.15, -0.1) is 0 Å². The lowest BCUT2D eigenvalue weighted by Crippen LogP contribution is -2.48. The van der Waals surface area contributed by atoms with Gasteiger partial charge in [-0.25, -0.2) is 0 Å². The number of carbonyl (C=O) groups is 2. The fourth-order valence-corrected chi connectivity index (χ4v) is 6.21. The zero-order chi connectivity index (χ0) is 18.1. The van der Waals surface area contributed by atoms with Crippen molar-refractivity contribution >= 4 is 11.8 Å². The van der Waals surface area contributed by atoms with Crippen LogP contribution in [-0.4, -0.2) is 18.4 Å². The van der Waals surface area contributed by atoms with E-state index >= 15 is 0 Å². The van der Waals surface area contributed by atoms with Crippen LogP contribution in [0.5, 0.6) is 0 Å². The molecule has 1 aromatic rings. The van der Waals surface area contributed by atoms with Gasteiger partial charge in [-0.3, -0.25) is 9.59 Å². The summed E-state index contributed by atoms with van der Waals surface area (Å²) >= 11 is 0. The van der Waals surface area contributed by atoms with E-state index in [2.05, 4.69) is 10.6 Å². The van der Waals surface area contributed by atoms with Crippen molar-refractivity contribution in [2.24, 2.45) is 23.2 Å². The van der Waals surface area contributed by atoms with Gasteiger partial charge in [-0.1, -0.05) is 30.3 Å². The molecule has 4 fully saturated rings. The maximum Gasteiger partial charge on any atom is 0.239 e. The average Bonchev–Trinajstić information content (AvgIpc) is 2.59. The third-order valence-electron chi connectivity index (χ3n) is 6.82. The molecule has 0 aliphatic heterocycles. The van der Waals surface area contributed by atoms with Crippen LogP contribution >= 0.6 is 0 Å². The molecule has 2 amide bonds. The fraction of sp³-hybridized carbons (Fsp3) is 0.636. The van der Waals surface area contributed by atoms with E-state index < -0.39 is 0 Å². The Morgan fingerprint density at radius 2 is 1.58 bits per heavy atom.